The van der Waals surface area contributed by atoms with Crippen LogP contribution in [-0.4, -0.2) is 19.0 Å². The zero-order valence-electron chi connectivity index (χ0n) is 11.1. The Kier molecular flexibility index (Phi) is 8.45. The van der Waals surface area contributed by atoms with Crippen LogP contribution in [0.1, 0.15) is 18.1 Å². The molecule has 0 bridgehead atoms. The lowest BCUT2D eigenvalue weighted by atomic mass is 10.1. The van der Waals surface area contributed by atoms with Gasteiger partial charge in [-0.25, -0.2) is 4.99 Å². The van der Waals surface area contributed by atoms with Crippen molar-refractivity contribution in [3.8, 4) is 0 Å². The van der Waals surface area contributed by atoms with Gasteiger partial charge in [0.1, 0.15) is 0 Å². The van der Waals surface area contributed by atoms with Gasteiger partial charge >= 0.3 is 0 Å². The predicted octanol–water partition coefficient (Wildman–Crippen LogP) is 2.64. The highest BCUT2D eigenvalue weighted by Gasteiger charge is 1.94. The van der Waals surface area contributed by atoms with Crippen molar-refractivity contribution < 1.29 is 0 Å². The highest BCUT2D eigenvalue weighted by molar-refractivity contribution is 14.0. The summed E-state index contributed by atoms with van der Waals surface area (Å²) in [5.41, 5.74) is 9.30. The maximum Gasteiger partial charge on any atom is 0.188 e. The number of guanidine groups is 1. The molecule has 0 amide bonds. The Hall–Kier alpha value is -1.04. The Bertz CT molecular complexity index is 396. The Balaban J connectivity index is 0.00000289. The van der Waals surface area contributed by atoms with Crippen molar-refractivity contribution in [2.24, 2.45) is 10.7 Å². The number of nitrogens with zero attached hydrogens (tertiary/aromatic N) is 1. The van der Waals surface area contributed by atoms with E-state index >= 15 is 0 Å². The topological polar surface area (TPSA) is 50.4 Å². The first kappa shape index (κ1) is 17.0. The fourth-order valence-corrected chi connectivity index (χ4v) is 1.37. The van der Waals surface area contributed by atoms with Gasteiger partial charge < -0.3 is 11.1 Å². The van der Waals surface area contributed by atoms with Crippen LogP contribution in [-0.2, 0) is 6.42 Å². The molecule has 0 aliphatic rings. The van der Waals surface area contributed by atoms with Gasteiger partial charge in [-0.15, -0.1) is 24.0 Å². The van der Waals surface area contributed by atoms with Crippen LogP contribution in [0.5, 0.6) is 0 Å². The summed E-state index contributed by atoms with van der Waals surface area (Å²) in [6.07, 6.45) is 0.948. The van der Waals surface area contributed by atoms with Gasteiger partial charge in [0.25, 0.3) is 0 Å². The van der Waals surface area contributed by atoms with Crippen molar-refractivity contribution in [1.29, 1.82) is 0 Å². The van der Waals surface area contributed by atoms with Crippen molar-refractivity contribution in [2.45, 2.75) is 20.3 Å². The molecule has 0 heterocycles. The molecule has 0 unspecified atom stereocenters. The molecule has 1 aromatic rings. The number of nitrogens with two attached hydrogens (primary N) is 1. The SMILES string of the molecule is C=C(C)CN=C(N)NCCc1ccc(C)cc1.I. The molecular weight excluding hydrogens is 337 g/mol. The molecule has 0 aliphatic carbocycles. The van der Waals surface area contributed by atoms with E-state index in [1.807, 2.05) is 6.92 Å². The summed E-state index contributed by atoms with van der Waals surface area (Å²) in [6.45, 7) is 9.18. The number of hydrogen-bond acceptors (Lipinski definition) is 1. The largest absolute Gasteiger partial charge is 0.370 e. The molecule has 0 radical (unpaired) electrons. The minimum absolute atomic E-state index is 0. The monoisotopic (exact) mass is 359 g/mol. The van der Waals surface area contributed by atoms with Gasteiger partial charge in [-0.2, -0.15) is 0 Å². The summed E-state index contributed by atoms with van der Waals surface area (Å²) in [5, 5.41) is 3.09. The van der Waals surface area contributed by atoms with Crippen molar-refractivity contribution in [3.05, 3.63) is 47.5 Å². The highest BCUT2D eigenvalue weighted by Crippen LogP contribution is 2.02. The molecule has 0 aromatic heterocycles. The molecule has 100 valence electrons. The van der Waals surface area contributed by atoms with Crippen LogP contribution >= 0.6 is 24.0 Å². The summed E-state index contributed by atoms with van der Waals surface area (Å²) < 4.78 is 0. The zero-order chi connectivity index (χ0) is 12.7. The highest BCUT2D eigenvalue weighted by atomic mass is 127. The summed E-state index contributed by atoms with van der Waals surface area (Å²) in [4.78, 5) is 4.15. The zero-order valence-corrected chi connectivity index (χ0v) is 13.4. The van der Waals surface area contributed by atoms with E-state index < -0.39 is 0 Å². The van der Waals surface area contributed by atoms with E-state index in [4.69, 9.17) is 5.73 Å². The van der Waals surface area contributed by atoms with Gasteiger partial charge in [0, 0.05) is 6.54 Å². The summed E-state index contributed by atoms with van der Waals surface area (Å²) in [5.74, 6) is 0.486. The Labute approximate surface area is 127 Å². The van der Waals surface area contributed by atoms with Crippen LogP contribution in [0.3, 0.4) is 0 Å². The fourth-order valence-electron chi connectivity index (χ4n) is 1.37. The van der Waals surface area contributed by atoms with Crippen LogP contribution in [0.15, 0.2) is 41.4 Å². The predicted molar refractivity (Wildman–Crippen MR) is 89.6 cm³/mol. The summed E-state index contributed by atoms with van der Waals surface area (Å²) in [7, 11) is 0. The molecular formula is C14H22IN3. The molecule has 1 rings (SSSR count). The van der Waals surface area contributed by atoms with Crippen molar-refractivity contribution in [2.75, 3.05) is 13.1 Å². The summed E-state index contributed by atoms with van der Waals surface area (Å²) in [6, 6.07) is 8.51. The second-order valence-electron chi connectivity index (χ2n) is 4.32. The lowest BCUT2D eigenvalue weighted by Crippen LogP contribution is -2.33. The molecule has 1 aromatic carbocycles. The lowest BCUT2D eigenvalue weighted by molar-refractivity contribution is 0.852. The van der Waals surface area contributed by atoms with Crippen LogP contribution in [0.2, 0.25) is 0 Å². The Morgan fingerprint density at radius 2 is 1.94 bits per heavy atom. The number of nitrogens with one attached hydrogen (secondary N) is 1. The minimum Gasteiger partial charge on any atom is -0.370 e. The number of hydrogen-bond donors (Lipinski definition) is 2. The van der Waals surface area contributed by atoms with Gasteiger partial charge in [0.15, 0.2) is 5.96 Å². The van der Waals surface area contributed by atoms with Crippen LogP contribution < -0.4 is 11.1 Å². The third-order valence-electron chi connectivity index (χ3n) is 2.36. The van der Waals surface area contributed by atoms with Gasteiger partial charge in [0.2, 0.25) is 0 Å². The van der Waals surface area contributed by atoms with E-state index in [1.54, 1.807) is 0 Å². The Morgan fingerprint density at radius 1 is 1.33 bits per heavy atom. The third kappa shape index (κ3) is 7.32. The van der Waals surface area contributed by atoms with E-state index in [9.17, 15) is 0 Å². The van der Waals surface area contributed by atoms with E-state index in [-0.39, 0.29) is 24.0 Å². The maximum atomic E-state index is 5.71. The molecule has 0 aliphatic heterocycles. The van der Waals surface area contributed by atoms with Crippen molar-refractivity contribution in [1.82, 2.24) is 5.32 Å². The lowest BCUT2D eigenvalue weighted by Gasteiger charge is -2.06. The van der Waals surface area contributed by atoms with Gasteiger partial charge in [-0.1, -0.05) is 42.0 Å². The molecule has 0 spiro atoms. The number of aryl methyl sites for hydroxylation is 1. The number of rotatable bonds is 5. The molecule has 18 heavy (non-hydrogen) atoms. The molecule has 0 fully saturated rings. The van der Waals surface area contributed by atoms with Crippen LogP contribution in [0, 0.1) is 6.92 Å². The molecule has 3 N–H and O–H groups in total. The molecule has 0 saturated heterocycles. The second-order valence-corrected chi connectivity index (χ2v) is 4.32. The number of aliphatic imine (C=N–C) groups is 1. The average Bonchev–Trinajstić information content (AvgIpc) is 2.29. The van der Waals surface area contributed by atoms with E-state index in [1.165, 1.54) is 11.1 Å². The first-order valence-corrected chi connectivity index (χ1v) is 5.81. The van der Waals surface area contributed by atoms with Gasteiger partial charge in [-0.05, 0) is 25.8 Å². The third-order valence-corrected chi connectivity index (χ3v) is 2.36. The average molecular weight is 359 g/mol. The molecule has 0 atom stereocenters. The van der Waals surface area contributed by atoms with Crippen molar-refractivity contribution >= 4 is 29.9 Å². The van der Waals surface area contributed by atoms with Gasteiger partial charge in [0.05, 0.1) is 6.54 Å². The smallest absolute Gasteiger partial charge is 0.188 e. The van der Waals surface area contributed by atoms with E-state index in [0.29, 0.717) is 12.5 Å². The van der Waals surface area contributed by atoms with Crippen LogP contribution in [0.25, 0.3) is 0 Å². The molecule has 0 saturated carbocycles. The first-order valence-electron chi connectivity index (χ1n) is 5.81. The fraction of sp³-hybridized carbons (Fsp3) is 0.357. The number of halogens is 1. The first-order chi connectivity index (χ1) is 8.08. The Morgan fingerprint density at radius 3 is 2.50 bits per heavy atom. The minimum atomic E-state index is 0. The van der Waals surface area contributed by atoms with Crippen LogP contribution in [0.4, 0.5) is 0 Å². The normalized spacial score (nSPS) is 10.7. The van der Waals surface area contributed by atoms with E-state index in [2.05, 4.69) is 48.1 Å². The van der Waals surface area contributed by atoms with Crippen molar-refractivity contribution in [3.63, 3.8) is 0 Å². The maximum absolute atomic E-state index is 5.71. The van der Waals surface area contributed by atoms with Gasteiger partial charge in [-0.3, -0.25) is 0 Å². The standard InChI is InChI=1S/C14H21N3.HI/c1-11(2)10-17-14(15)16-9-8-13-6-4-12(3)5-7-13;/h4-7H,1,8-10H2,2-3H3,(H3,15,16,17);1H. The molecule has 3 nitrogen and oxygen atoms in total. The van der Waals surface area contributed by atoms with E-state index in [0.717, 1.165) is 18.5 Å². The quantitative estimate of drug-likeness (QED) is 0.368. The second kappa shape index (κ2) is 8.97. The number of benzene rings is 1. The molecule has 4 heteroatoms. The summed E-state index contributed by atoms with van der Waals surface area (Å²) >= 11 is 0.